The molecule has 16 heavy (non-hydrogen) atoms. The summed E-state index contributed by atoms with van der Waals surface area (Å²) in [6.45, 7) is 2.64. The van der Waals surface area contributed by atoms with E-state index in [-0.39, 0.29) is 23.4 Å². The highest BCUT2D eigenvalue weighted by Crippen LogP contribution is 2.12. The van der Waals surface area contributed by atoms with Gasteiger partial charge in [0, 0.05) is 18.8 Å². The zero-order valence-corrected chi connectivity index (χ0v) is 9.77. The molecule has 0 aliphatic rings. The summed E-state index contributed by atoms with van der Waals surface area (Å²) in [5.74, 6) is -0.454. The number of pyridine rings is 1. The molecular formula is C11H17N3O2. The molecule has 5 nitrogen and oxygen atoms in total. The van der Waals surface area contributed by atoms with Crippen molar-refractivity contribution in [3.05, 3.63) is 24.0 Å². The van der Waals surface area contributed by atoms with Crippen molar-refractivity contribution in [1.82, 2.24) is 15.2 Å². The Bertz CT molecular complexity index is 366. The topological polar surface area (TPSA) is 65.5 Å². The predicted molar refractivity (Wildman–Crippen MR) is 61.4 cm³/mol. The number of carbonyl (C=O) groups is 1. The highest BCUT2D eigenvalue weighted by Gasteiger charge is 2.14. The van der Waals surface area contributed by atoms with Gasteiger partial charge in [0.15, 0.2) is 5.69 Å². The summed E-state index contributed by atoms with van der Waals surface area (Å²) in [4.78, 5) is 17.5. The smallest absolute Gasteiger partial charge is 0.273 e. The first kappa shape index (κ1) is 12.4. The number of nitrogens with one attached hydrogen (secondary N) is 1. The van der Waals surface area contributed by atoms with Crippen molar-refractivity contribution in [2.75, 3.05) is 20.6 Å². The molecule has 0 fully saturated rings. The third-order valence-corrected chi connectivity index (χ3v) is 2.02. The lowest BCUT2D eigenvalue weighted by Crippen LogP contribution is -2.39. The maximum absolute atomic E-state index is 11.7. The van der Waals surface area contributed by atoms with Crippen LogP contribution in [0.2, 0.25) is 0 Å². The number of aromatic hydroxyl groups is 1. The highest BCUT2D eigenvalue weighted by atomic mass is 16.3. The van der Waals surface area contributed by atoms with Crippen molar-refractivity contribution in [3.63, 3.8) is 0 Å². The molecule has 0 saturated heterocycles. The molecule has 1 amide bonds. The van der Waals surface area contributed by atoms with Crippen LogP contribution in [-0.4, -0.2) is 47.6 Å². The van der Waals surface area contributed by atoms with Gasteiger partial charge in [-0.1, -0.05) is 0 Å². The lowest BCUT2D eigenvalue weighted by Gasteiger charge is -2.18. The average Bonchev–Trinajstić information content (AvgIpc) is 2.16. The number of hydrogen-bond acceptors (Lipinski definition) is 4. The van der Waals surface area contributed by atoms with Crippen LogP contribution in [0.5, 0.6) is 5.75 Å². The summed E-state index contributed by atoms with van der Waals surface area (Å²) in [5, 5.41) is 12.2. The van der Waals surface area contributed by atoms with Crippen LogP contribution >= 0.6 is 0 Å². The maximum atomic E-state index is 11.7. The maximum Gasteiger partial charge on any atom is 0.273 e. The average molecular weight is 223 g/mol. The number of hydrogen-bond donors (Lipinski definition) is 2. The van der Waals surface area contributed by atoms with E-state index in [9.17, 15) is 9.90 Å². The number of rotatable bonds is 4. The molecule has 0 saturated carbocycles. The first-order valence-corrected chi connectivity index (χ1v) is 5.10. The van der Waals surface area contributed by atoms with E-state index in [1.807, 2.05) is 25.9 Å². The molecule has 1 aromatic rings. The highest BCUT2D eigenvalue weighted by molar-refractivity contribution is 5.94. The summed E-state index contributed by atoms with van der Waals surface area (Å²) >= 11 is 0. The molecule has 5 heteroatoms. The van der Waals surface area contributed by atoms with E-state index in [0.717, 1.165) is 6.54 Å². The molecular weight excluding hydrogens is 206 g/mol. The minimum atomic E-state index is -0.354. The molecule has 1 atom stereocenters. The Kier molecular flexibility index (Phi) is 4.25. The van der Waals surface area contributed by atoms with Crippen LogP contribution in [0.4, 0.5) is 0 Å². The van der Waals surface area contributed by atoms with Gasteiger partial charge in [-0.05, 0) is 33.2 Å². The third kappa shape index (κ3) is 3.51. The SMILES string of the molecule is CC(CN(C)C)NC(=O)c1ncccc1O. The van der Waals surface area contributed by atoms with Gasteiger partial charge < -0.3 is 15.3 Å². The fourth-order valence-electron chi connectivity index (χ4n) is 1.46. The number of amides is 1. The molecule has 1 heterocycles. The second kappa shape index (κ2) is 5.46. The van der Waals surface area contributed by atoms with Gasteiger partial charge in [0.05, 0.1) is 0 Å². The molecule has 1 unspecified atom stereocenters. The Morgan fingerprint density at radius 3 is 2.88 bits per heavy atom. The second-order valence-corrected chi connectivity index (χ2v) is 4.01. The van der Waals surface area contributed by atoms with Crippen LogP contribution in [0.3, 0.4) is 0 Å². The van der Waals surface area contributed by atoms with Crippen molar-refractivity contribution in [2.45, 2.75) is 13.0 Å². The molecule has 0 aromatic carbocycles. The van der Waals surface area contributed by atoms with Gasteiger partial charge >= 0.3 is 0 Å². The van der Waals surface area contributed by atoms with E-state index in [4.69, 9.17) is 0 Å². The van der Waals surface area contributed by atoms with Gasteiger partial charge in [0.1, 0.15) is 5.75 Å². The molecule has 0 aliphatic heterocycles. The van der Waals surface area contributed by atoms with Crippen molar-refractivity contribution >= 4 is 5.91 Å². The Hall–Kier alpha value is -1.62. The molecule has 88 valence electrons. The van der Waals surface area contributed by atoms with Crippen LogP contribution in [-0.2, 0) is 0 Å². The molecule has 2 N–H and O–H groups in total. The largest absolute Gasteiger partial charge is 0.505 e. The standard InChI is InChI=1S/C11H17N3O2/c1-8(7-14(2)3)13-11(16)10-9(15)5-4-6-12-10/h4-6,8,15H,7H2,1-3H3,(H,13,16). The number of aromatic nitrogens is 1. The fourth-order valence-corrected chi connectivity index (χ4v) is 1.46. The van der Waals surface area contributed by atoms with Gasteiger partial charge in [-0.3, -0.25) is 4.79 Å². The Morgan fingerprint density at radius 1 is 1.62 bits per heavy atom. The quantitative estimate of drug-likeness (QED) is 0.778. The summed E-state index contributed by atoms with van der Waals surface area (Å²) in [6, 6.07) is 3.03. The van der Waals surface area contributed by atoms with Crippen molar-refractivity contribution < 1.29 is 9.90 Å². The Balaban J connectivity index is 2.63. The molecule has 0 aliphatic carbocycles. The van der Waals surface area contributed by atoms with E-state index >= 15 is 0 Å². The first-order chi connectivity index (χ1) is 7.50. The molecule has 0 radical (unpaired) electrons. The first-order valence-electron chi connectivity index (χ1n) is 5.10. The number of likely N-dealkylation sites (N-methyl/N-ethyl adjacent to an activating group) is 1. The van der Waals surface area contributed by atoms with E-state index in [0.29, 0.717) is 0 Å². The van der Waals surface area contributed by atoms with Gasteiger partial charge in [0.2, 0.25) is 0 Å². The molecule has 1 rings (SSSR count). The van der Waals surface area contributed by atoms with Gasteiger partial charge in [-0.2, -0.15) is 0 Å². The lowest BCUT2D eigenvalue weighted by molar-refractivity contribution is 0.0926. The van der Waals surface area contributed by atoms with Crippen molar-refractivity contribution in [3.8, 4) is 5.75 Å². The van der Waals surface area contributed by atoms with Crippen molar-refractivity contribution in [1.29, 1.82) is 0 Å². The van der Waals surface area contributed by atoms with Crippen LogP contribution in [0.25, 0.3) is 0 Å². The number of carbonyl (C=O) groups excluding carboxylic acids is 1. The zero-order valence-electron chi connectivity index (χ0n) is 9.77. The van der Waals surface area contributed by atoms with Crippen molar-refractivity contribution in [2.24, 2.45) is 0 Å². The summed E-state index contributed by atoms with van der Waals surface area (Å²) < 4.78 is 0. The Morgan fingerprint density at radius 2 is 2.31 bits per heavy atom. The van der Waals surface area contributed by atoms with Gasteiger partial charge in [-0.25, -0.2) is 4.98 Å². The zero-order chi connectivity index (χ0) is 12.1. The summed E-state index contributed by atoms with van der Waals surface area (Å²) in [6.07, 6.45) is 1.48. The lowest BCUT2D eigenvalue weighted by atomic mass is 10.2. The minimum absolute atomic E-state index is 0.00362. The Labute approximate surface area is 95.1 Å². The van der Waals surface area contributed by atoms with Crippen LogP contribution in [0.15, 0.2) is 18.3 Å². The fraction of sp³-hybridized carbons (Fsp3) is 0.455. The van der Waals surface area contributed by atoms with Crippen LogP contribution in [0.1, 0.15) is 17.4 Å². The van der Waals surface area contributed by atoms with E-state index in [2.05, 4.69) is 10.3 Å². The van der Waals surface area contributed by atoms with E-state index in [1.165, 1.54) is 12.3 Å². The van der Waals surface area contributed by atoms with Gasteiger partial charge in [0.25, 0.3) is 5.91 Å². The van der Waals surface area contributed by atoms with E-state index in [1.54, 1.807) is 6.07 Å². The number of nitrogens with zero attached hydrogens (tertiary/aromatic N) is 2. The monoisotopic (exact) mass is 223 g/mol. The normalized spacial score (nSPS) is 12.5. The third-order valence-electron chi connectivity index (χ3n) is 2.02. The van der Waals surface area contributed by atoms with E-state index < -0.39 is 0 Å². The minimum Gasteiger partial charge on any atom is -0.505 e. The van der Waals surface area contributed by atoms with Gasteiger partial charge in [-0.15, -0.1) is 0 Å². The predicted octanol–water partition coefficient (Wildman–Crippen LogP) is 0.467. The van der Waals surface area contributed by atoms with Crippen LogP contribution < -0.4 is 5.32 Å². The molecule has 0 bridgehead atoms. The second-order valence-electron chi connectivity index (χ2n) is 4.01. The molecule has 0 spiro atoms. The molecule has 1 aromatic heterocycles. The van der Waals surface area contributed by atoms with Crippen LogP contribution in [0, 0.1) is 0 Å². The summed E-state index contributed by atoms with van der Waals surface area (Å²) in [7, 11) is 3.86. The summed E-state index contributed by atoms with van der Waals surface area (Å²) in [5.41, 5.74) is 0.0631.